The van der Waals surface area contributed by atoms with E-state index in [1.165, 1.54) is 6.33 Å². The van der Waals surface area contributed by atoms with Gasteiger partial charge >= 0.3 is 5.97 Å². The summed E-state index contributed by atoms with van der Waals surface area (Å²) in [6.07, 6.45) is 1.74. The Balaban J connectivity index is 2.60. The van der Waals surface area contributed by atoms with Crippen molar-refractivity contribution in [3.05, 3.63) is 12.2 Å². The van der Waals surface area contributed by atoms with E-state index in [1.54, 1.807) is 4.90 Å². The molecule has 1 rings (SSSR count). The summed E-state index contributed by atoms with van der Waals surface area (Å²) in [6, 6.07) is -0.0126. The Morgan fingerprint density at radius 1 is 1.53 bits per heavy atom. The van der Waals surface area contributed by atoms with Crippen LogP contribution >= 0.6 is 0 Å². The third kappa shape index (κ3) is 3.86. The van der Waals surface area contributed by atoms with Crippen molar-refractivity contribution in [2.75, 3.05) is 6.54 Å². The molecule has 0 radical (unpaired) electrons. The van der Waals surface area contributed by atoms with Crippen molar-refractivity contribution < 1.29 is 14.7 Å². The van der Waals surface area contributed by atoms with Crippen molar-refractivity contribution in [2.24, 2.45) is 0 Å². The minimum atomic E-state index is -0.860. The zero-order valence-corrected chi connectivity index (χ0v) is 9.88. The van der Waals surface area contributed by atoms with Crippen LogP contribution in [-0.4, -0.2) is 49.7 Å². The van der Waals surface area contributed by atoms with E-state index in [0.29, 0.717) is 13.0 Å². The monoisotopic (exact) mass is 240 g/mol. The second-order valence-corrected chi connectivity index (χ2v) is 3.92. The van der Waals surface area contributed by atoms with Crippen molar-refractivity contribution in [2.45, 2.75) is 32.7 Å². The van der Waals surface area contributed by atoms with Crippen molar-refractivity contribution >= 4 is 11.9 Å². The lowest BCUT2D eigenvalue weighted by Crippen LogP contribution is -2.38. The van der Waals surface area contributed by atoms with Crippen LogP contribution in [0.4, 0.5) is 0 Å². The minimum Gasteiger partial charge on any atom is -0.481 e. The van der Waals surface area contributed by atoms with Crippen LogP contribution in [0.1, 0.15) is 37.3 Å². The number of aromatic nitrogens is 3. The van der Waals surface area contributed by atoms with Crippen LogP contribution in [0.25, 0.3) is 0 Å². The molecule has 2 N–H and O–H groups in total. The van der Waals surface area contributed by atoms with Crippen LogP contribution in [0, 0.1) is 0 Å². The Morgan fingerprint density at radius 3 is 2.71 bits per heavy atom. The fourth-order valence-electron chi connectivity index (χ4n) is 1.44. The summed E-state index contributed by atoms with van der Waals surface area (Å²) in [5.74, 6) is -0.947. The zero-order valence-electron chi connectivity index (χ0n) is 9.88. The summed E-state index contributed by atoms with van der Waals surface area (Å²) in [5.41, 5.74) is 0. The van der Waals surface area contributed by atoms with E-state index in [0.717, 1.165) is 0 Å². The van der Waals surface area contributed by atoms with E-state index >= 15 is 0 Å². The molecular formula is C10H16N4O3. The molecule has 0 bridgehead atoms. The maximum atomic E-state index is 12.0. The predicted octanol–water partition coefficient (Wildman–Crippen LogP) is 0.520. The van der Waals surface area contributed by atoms with Gasteiger partial charge in [0, 0.05) is 19.0 Å². The third-order valence-electron chi connectivity index (χ3n) is 2.29. The third-order valence-corrected chi connectivity index (χ3v) is 2.29. The lowest BCUT2D eigenvalue weighted by molar-refractivity contribution is -0.137. The molecule has 0 unspecified atom stereocenters. The number of hydrogen-bond acceptors (Lipinski definition) is 4. The number of nitrogens with one attached hydrogen (secondary N) is 1. The maximum absolute atomic E-state index is 12.0. The summed E-state index contributed by atoms with van der Waals surface area (Å²) in [7, 11) is 0. The zero-order chi connectivity index (χ0) is 12.8. The maximum Gasteiger partial charge on any atom is 0.303 e. The molecule has 1 aromatic heterocycles. The van der Waals surface area contributed by atoms with Crippen LogP contribution in [-0.2, 0) is 4.79 Å². The second-order valence-electron chi connectivity index (χ2n) is 3.92. The summed E-state index contributed by atoms with van der Waals surface area (Å²) in [6.45, 7) is 4.13. The van der Waals surface area contributed by atoms with Crippen LogP contribution in [0.5, 0.6) is 0 Å². The molecule has 0 fully saturated rings. The van der Waals surface area contributed by atoms with E-state index in [4.69, 9.17) is 5.11 Å². The summed E-state index contributed by atoms with van der Waals surface area (Å²) >= 11 is 0. The Bertz CT molecular complexity index is 375. The smallest absolute Gasteiger partial charge is 0.303 e. The molecule has 0 saturated carbocycles. The van der Waals surface area contributed by atoms with E-state index < -0.39 is 5.97 Å². The number of carbonyl (C=O) groups excluding carboxylic acids is 1. The number of amides is 1. The molecule has 7 nitrogen and oxygen atoms in total. The van der Waals surface area contributed by atoms with Gasteiger partial charge in [0.25, 0.3) is 5.91 Å². The number of carboxylic acid groups (broad SMARTS) is 1. The van der Waals surface area contributed by atoms with E-state index in [-0.39, 0.29) is 24.2 Å². The molecule has 17 heavy (non-hydrogen) atoms. The molecule has 94 valence electrons. The normalized spacial score (nSPS) is 10.5. The Kier molecular flexibility index (Phi) is 4.62. The highest BCUT2D eigenvalue weighted by Gasteiger charge is 2.20. The Hall–Kier alpha value is -1.92. The molecule has 7 heteroatoms. The van der Waals surface area contributed by atoms with Gasteiger partial charge in [0.05, 0.1) is 0 Å². The molecule has 1 aromatic rings. The molecule has 0 aliphatic carbocycles. The first-order valence-corrected chi connectivity index (χ1v) is 5.40. The first-order chi connectivity index (χ1) is 8.02. The molecule has 0 spiro atoms. The molecule has 0 aromatic carbocycles. The molecule has 0 aliphatic heterocycles. The average Bonchev–Trinajstić information content (AvgIpc) is 2.75. The van der Waals surface area contributed by atoms with E-state index in [2.05, 4.69) is 15.2 Å². The molecule has 0 saturated heterocycles. The molecule has 0 atom stereocenters. The molecular weight excluding hydrogens is 224 g/mol. The summed E-state index contributed by atoms with van der Waals surface area (Å²) < 4.78 is 0. The number of aliphatic carboxylic acids is 1. The van der Waals surface area contributed by atoms with Gasteiger partial charge in [-0.15, -0.1) is 0 Å². The number of hydrogen-bond donors (Lipinski definition) is 2. The number of nitrogens with zero attached hydrogens (tertiary/aromatic N) is 3. The van der Waals surface area contributed by atoms with Crippen molar-refractivity contribution in [3.63, 3.8) is 0 Å². The van der Waals surface area contributed by atoms with Gasteiger partial charge in [-0.1, -0.05) is 0 Å². The standard InChI is InChI=1S/C10H16N4O3/c1-7(2)14(5-3-4-8(15)16)10(17)9-11-6-12-13-9/h6-7H,3-5H2,1-2H3,(H,15,16)(H,11,12,13). The van der Waals surface area contributed by atoms with Crippen LogP contribution in [0.3, 0.4) is 0 Å². The Morgan fingerprint density at radius 2 is 2.24 bits per heavy atom. The molecule has 1 amide bonds. The summed E-state index contributed by atoms with van der Waals surface area (Å²) in [4.78, 5) is 27.7. The van der Waals surface area contributed by atoms with Crippen LogP contribution in [0.15, 0.2) is 6.33 Å². The lowest BCUT2D eigenvalue weighted by Gasteiger charge is -2.25. The largest absolute Gasteiger partial charge is 0.481 e. The second kappa shape index (κ2) is 5.97. The number of rotatable bonds is 6. The number of carbonyl (C=O) groups is 2. The number of aromatic amines is 1. The van der Waals surface area contributed by atoms with Gasteiger partial charge < -0.3 is 10.0 Å². The molecule has 1 heterocycles. The quantitative estimate of drug-likeness (QED) is 0.755. The van der Waals surface area contributed by atoms with Crippen molar-refractivity contribution in [3.8, 4) is 0 Å². The first-order valence-electron chi connectivity index (χ1n) is 5.40. The lowest BCUT2D eigenvalue weighted by atomic mass is 10.2. The highest BCUT2D eigenvalue weighted by molar-refractivity contribution is 5.90. The fraction of sp³-hybridized carbons (Fsp3) is 0.600. The van der Waals surface area contributed by atoms with E-state index in [1.807, 2.05) is 13.8 Å². The SMILES string of the molecule is CC(C)N(CCCC(=O)O)C(=O)c1ncn[nH]1. The highest BCUT2D eigenvalue weighted by Crippen LogP contribution is 2.06. The van der Waals surface area contributed by atoms with Gasteiger partial charge in [0.2, 0.25) is 5.82 Å². The predicted molar refractivity (Wildman–Crippen MR) is 59.4 cm³/mol. The van der Waals surface area contributed by atoms with Crippen molar-refractivity contribution in [1.82, 2.24) is 20.1 Å². The van der Waals surface area contributed by atoms with Gasteiger partial charge in [-0.3, -0.25) is 14.7 Å². The van der Waals surface area contributed by atoms with Crippen molar-refractivity contribution in [1.29, 1.82) is 0 Å². The molecule has 0 aliphatic rings. The average molecular weight is 240 g/mol. The van der Waals surface area contributed by atoms with Crippen LogP contribution in [0.2, 0.25) is 0 Å². The van der Waals surface area contributed by atoms with Gasteiger partial charge in [-0.05, 0) is 20.3 Å². The number of carboxylic acids is 1. The first kappa shape index (κ1) is 13.1. The van der Waals surface area contributed by atoms with Gasteiger partial charge in [-0.2, -0.15) is 5.10 Å². The Labute approximate surface area is 98.8 Å². The van der Waals surface area contributed by atoms with Crippen LogP contribution < -0.4 is 0 Å². The number of H-pyrrole nitrogens is 1. The van der Waals surface area contributed by atoms with E-state index in [9.17, 15) is 9.59 Å². The van der Waals surface area contributed by atoms with Gasteiger partial charge in [0.1, 0.15) is 6.33 Å². The van der Waals surface area contributed by atoms with Gasteiger partial charge in [0.15, 0.2) is 0 Å². The highest BCUT2D eigenvalue weighted by atomic mass is 16.4. The van der Waals surface area contributed by atoms with Gasteiger partial charge in [-0.25, -0.2) is 4.98 Å². The topological polar surface area (TPSA) is 99.2 Å². The summed E-state index contributed by atoms with van der Waals surface area (Å²) in [5, 5.41) is 14.7. The fourth-order valence-corrected chi connectivity index (χ4v) is 1.44. The minimum absolute atomic E-state index is 0.0126.